The number of hydrogen-bond donors (Lipinski definition) is 0. The summed E-state index contributed by atoms with van der Waals surface area (Å²) >= 11 is 0. The van der Waals surface area contributed by atoms with E-state index in [1.54, 1.807) is 0 Å². The second-order valence-corrected chi connectivity index (χ2v) is 6.47. The molecule has 1 saturated carbocycles. The SMILES string of the molecule is CCCCC(C)C1CCC(c2ccc(C#N)cc2)CC1. The van der Waals surface area contributed by atoms with Gasteiger partial charge in [-0.25, -0.2) is 0 Å². The first kappa shape index (κ1) is 15.1. The molecule has 1 aliphatic carbocycles. The number of nitriles is 1. The molecule has 1 heteroatoms. The number of rotatable bonds is 5. The van der Waals surface area contributed by atoms with Gasteiger partial charge in [-0.05, 0) is 61.1 Å². The second kappa shape index (κ2) is 7.48. The van der Waals surface area contributed by atoms with Gasteiger partial charge in [0.15, 0.2) is 0 Å². The summed E-state index contributed by atoms with van der Waals surface area (Å²) in [6.45, 7) is 4.73. The first-order chi connectivity index (χ1) is 9.74. The molecular weight excluding hydrogens is 242 g/mol. The largest absolute Gasteiger partial charge is 0.192 e. The fourth-order valence-electron chi connectivity index (χ4n) is 3.61. The molecule has 1 atom stereocenters. The van der Waals surface area contributed by atoms with Crippen LogP contribution in [0.3, 0.4) is 0 Å². The Morgan fingerprint density at radius 2 is 1.80 bits per heavy atom. The van der Waals surface area contributed by atoms with Crippen LogP contribution in [0.25, 0.3) is 0 Å². The predicted molar refractivity (Wildman–Crippen MR) is 84.5 cm³/mol. The molecular formula is C19H27N. The number of nitrogens with zero attached hydrogens (tertiary/aromatic N) is 1. The van der Waals surface area contributed by atoms with E-state index in [0.717, 1.165) is 23.3 Å². The van der Waals surface area contributed by atoms with Gasteiger partial charge in [0, 0.05) is 0 Å². The normalized spacial score (nSPS) is 24.1. The molecule has 0 saturated heterocycles. The highest BCUT2D eigenvalue weighted by Gasteiger charge is 2.25. The molecule has 0 aromatic heterocycles. The molecule has 1 fully saturated rings. The van der Waals surface area contributed by atoms with Crippen LogP contribution >= 0.6 is 0 Å². The van der Waals surface area contributed by atoms with Gasteiger partial charge >= 0.3 is 0 Å². The van der Waals surface area contributed by atoms with E-state index in [9.17, 15) is 0 Å². The smallest absolute Gasteiger partial charge is 0.0991 e. The van der Waals surface area contributed by atoms with Crippen LogP contribution in [-0.4, -0.2) is 0 Å². The van der Waals surface area contributed by atoms with E-state index in [-0.39, 0.29) is 0 Å². The van der Waals surface area contributed by atoms with Crippen molar-refractivity contribution >= 4 is 0 Å². The molecule has 20 heavy (non-hydrogen) atoms. The van der Waals surface area contributed by atoms with Crippen LogP contribution in [0, 0.1) is 23.2 Å². The molecule has 0 amide bonds. The highest BCUT2D eigenvalue weighted by Crippen LogP contribution is 2.39. The Kier molecular flexibility index (Phi) is 5.65. The van der Waals surface area contributed by atoms with E-state index < -0.39 is 0 Å². The topological polar surface area (TPSA) is 23.8 Å². The van der Waals surface area contributed by atoms with Crippen LogP contribution in [-0.2, 0) is 0 Å². The van der Waals surface area contributed by atoms with Crippen LogP contribution < -0.4 is 0 Å². The lowest BCUT2D eigenvalue weighted by atomic mass is 9.73. The molecule has 108 valence electrons. The highest BCUT2D eigenvalue weighted by molar-refractivity contribution is 5.33. The first-order valence-electron chi connectivity index (χ1n) is 8.24. The predicted octanol–water partition coefficient (Wildman–Crippen LogP) is 5.66. The summed E-state index contributed by atoms with van der Waals surface area (Å²) < 4.78 is 0. The third kappa shape index (κ3) is 3.85. The summed E-state index contributed by atoms with van der Waals surface area (Å²) in [7, 11) is 0. The van der Waals surface area contributed by atoms with Gasteiger partial charge in [-0.1, -0.05) is 45.2 Å². The number of benzene rings is 1. The van der Waals surface area contributed by atoms with Gasteiger partial charge in [0.2, 0.25) is 0 Å². The van der Waals surface area contributed by atoms with Crippen molar-refractivity contribution in [3.8, 4) is 6.07 Å². The monoisotopic (exact) mass is 269 g/mol. The Morgan fingerprint density at radius 1 is 1.15 bits per heavy atom. The summed E-state index contributed by atoms with van der Waals surface area (Å²) in [6.07, 6.45) is 9.54. The standard InChI is InChI=1S/C19H27N/c1-3-4-5-15(2)17-10-12-19(13-11-17)18-8-6-16(14-20)7-9-18/h6-9,15,17,19H,3-5,10-13H2,1-2H3. The lowest BCUT2D eigenvalue weighted by molar-refractivity contribution is 0.232. The Morgan fingerprint density at radius 3 is 2.35 bits per heavy atom. The van der Waals surface area contributed by atoms with Crippen LogP contribution in [0.1, 0.15) is 75.8 Å². The highest BCUT2D eigenvalue weighted by atomic mass is 14.3. The van der Waals surface area contributed by atoms with E-state index in [2.05, 4.69) is 32.0 Å². The third-order valence-corrected chi connectivity index (χ3v) is 5.10. The van der Waals surface area contributed by atoms with Crippen molar-refractivity contribution in [2.45, 2.75) is 64.7 Å². The van der Waals surface area contributed by atoms with Crippen molar-refractivity contribution in [1.82, 2.24) is 0 Å². The quantitative estimate of drug-likeness (QED) is 0.676. The fraction of sp³-hybridized carbons (Fsp3) is 0.632. The van der Waals surface area contributed by atoms with Crippen LogP contribution in [0.2, 0.25) is 0 Å². The minimum atomic E-state index is 0.720. The molecule has 1 nitrogen and oxygen atoms in total. The van der Waals surface area contributed by atoms with Crippen LogP contribution in [0.15, 0.2) is 24.3 Å². The minimum Gasteiger partial charge on any atom is -0.192 e. The Bertz CT molecular complexity index is 432. The average Bonchev–Trinajstić information content (AvgIpc) is 2.53. The van der Waals surface area contributed by atoms with Gasteiger partial charge in [0.1, 0.15) is 0 Å². The van der Waals surface area contributed by atoms with Gasteiger partial charge in [0.05, 0.1) is 11.6 Å². The van der Waals surface area contributed by atoms with Gasteiger partial charge in [-0.3, -0.25) is 0 Å². The van der Waals surface area contributed by atoms with Crippen molar-refractivity contribution < 1.29 is 0 Å². The molecule has 0 N–H and O–H groups in total. The molecule has 0 radical (unpaired) electrons. The molecule has 0 bridgehead atoms. The average molecular weight is 269 g/mol. The van der Waals surface area contributed by atoms with E-state index in [0.29, 0.717) is 0 Å². The van der Waals surface area contributed by atoms with Crippen molar-refractivity contribution in [3.63, 3.8) is 0 Å². The van der Waals surface area contributed by atoms with E-state index in [4.69, 9.17) is 5.26 Å². The molecule has 0 aliphatic heterocycles. The molecule has 1 aromatic carbocycles. The Labute approximate surface area is 124 Å². The van der Waals surface area contributed by atoms with Crippen molar-refractivity contribution in [1.29, 1.82) is 5.26 Å². The zero-order valence-electron chi connectivity index (χ0n) is 12.9. The lowest BCUT2D eigenvalue weighted by Crippen LogP contribution is -2.19. The molecule has 1 aliphatic rings. The molecule has 2 rings (SSSR count). The maximum absolute atomic E-state index is 8.86. The summed E-state index contributed by atoms with van der Waals surface area (Å²) in [5.41, 5.74) is 2.21. The first-order valence-corrected chi connectivity index (χ1v) is 8.24. The number of unbranched alkanes of at least 4 members (excludes halogenated alkanes) is 1. The van der Waals surface area contributed by atoms with Crippen LogP contribution in [0.5, 0.6) is 0 Å². The zero-order chi connectivity index (χ0) is 14.4. The van der Waals surface area contributed by atoms with Crippen molar-refractivity contribution in [2.75, 3.05) is 0 Å². The fourth-order valence-corrected chi connectivity index (χ4v) is 3.61. The van der Waals surface area contributed by atoms with E-state index in [1.807, 2.05) is 12.1 Å². The summed E-state index contributed by atoms with van der Waals surface area (Å²) in [5.74, 6) is 2.56. The summed E-state index contributed by atoms with van der Waals surface area (Å²) in [4.78, 5) is 0. The van der Waals surface area contributed by atoms with E-state index in [1.165, 1.54) is 50.5 Å². The van der Waals surface area contributed by atoms with E-state index >= 15 is 0 Å². The minimum absolute atomic E-state index is 0.720. The van der Waals surface area contributed by atoms with Gasteiger partial charge in [-0.15, -0.1) is 0 Å². The van der Waals surface area contributed by atoms with Crippen LogP contribution in [0.4, 0.5) is 0 Å². The zero-order valence-corrected chi connectivity index (χ0v) is 12.9. The maximum atomic E-state index is 8.86. The van der Waals surface area contributed by atoms with Gasteiger partial charge < -0.3 is 0 Å². The molecule has 0 heterocycles. The summed E-state index contributed by atoms with van der Waals surface area (Å²) in [6, 6.07) is 10.4. The molecule has 1 unspecified atom stereocenters. The Balaban J connectivity index is 1.85. The van der Waals surface area contributed by atoms with Gasteiger partial charge in [0.25, 0.3) is 0 Å². The number of hydrogen-bond acceptors (Lipinski definition) is 1. The molecule has 1 aromatic rings. The maximum Gasteiger partial charge on any atom is 0.0991 e. The molecule has 0 spiro atoms. The summed E-state index contributed by atoms with van der Waals surface area (Å²) in [5, 5.41) is 8.86. The van der Waals surface area contributed by atoms with Crippen molar-refractivity contribution in [2.24, 2.45) is 11.8 Å². The second-order valence-electron chi connectivity index (χ2n) is 6.47. The third-order valence-electron chi connectivity index (χ3n) is 5.10. The van der Waals surface area contributed by atoms with Crippen molar-refractivity contribution in [3.05, 3.63) is 35.4 Å². The Hall–Kier alpha value is -1.29. The lowest BCUT2D eigenvalue weighted by Gasteiger charge is -2.32. The van der Waals surface area contributed by atoms with Gasteiger partial charge in [-0.2, -0.15) is 5.26 Å².